The SMILES string of the molecule is CC(C)CCCCCCCN(CCCCCCCC(C)C)CCc1ccccc1. The van der Waals surface area contributed by atoms with Gasteiger partial charge in [-0.15, -0.1) is 0 Å². The summed E-state index contributed by atoms with van der Waals surface area (Å²) in [5, 5.41) is 0. The summed E-state index contributed by atoms with van der Waals surface area (Å²) in [5.74, 6) is 1.74. The molecule has 1 rings (SSSR count). The second-order valence-electron chi connectivity index (χ2n) is 9.98. The van der Waals surface area contributed by atoms with Crippen LogP contribution in [0, 0.1) is 11.8 Å². The molecule has 168 valence electrons. The Morgan fingerprint density at radius 1 is 0.552 bits per heavy atom. The molecule has 0 N–H and O–H groups in total. The van der Waals surface area contributed by atoms with Crippen molar-refractivity contribution in [1.82, 2.24) is 4.90 Å². The average Bonchev–Trinajstić information content (AvgIpc) is 2.70. The zero-order chi connectivity index (χ0) is 21.2. The van der Waals surface area contributed by atoms with Gasteiger partial charge in [0.1, 0.15) is 0 Å². The van der Waals surface area contributed by atoms with Gasteiger partial charge in [-0.1, -0.05) is 122 Å². The van der Waals surface area contributed by atoms with Crippen LogP contribution in [0.3, 0.4) is 0 Å². The molecule has 0 heterocycles. The minimum Gasteiger partial charge on any atom is -0.303 e. The average molecular weight is 402 g/mol. The lowest BCUT2D eigenvalue weighted by Gasteiger charge is -2.22. The third-order valence-corrected chi connectivity index (χ3v) is 6.07. The zero-order valence-corrected chi connectivity index (χ0v) is 20.3. The molecule has 1 heteroatoms. The van der Waals surface area contributed by atoms with Gasteiger partial charge < -0.3 is 4.90 Å². The first-order chi connectivity index (χ1) is 14.1. The monoisotopic (exact) mass is 401 g/mol. The fourth-order valence-corrected chi connectivity index (χ4v) is 4.10. The molecule has 1 aromatic rings. The van der Waals surface area contributed by atoms with E-state index >= 15 is 0 Å². The molecule has 0 bridgehead atoms. The topological polar surface area (TPSA) is 3.24 Å². The van der Waals surface area contributed by atoms with E-state index in [4.69, 9.17) is 0 Å². The molecule has 1 nitrogen and oxygen atoms in total. The molecule has 0 amide bonds. The van der Waals surface area contributed by atoms with Gasteiger partial charge in [0.15, 0.2) is 0 Å². The number of rotatable bonds is 19. The fraction of sp³-hybridized carbons (Fsp3) is 0.786. The van der Waals surface area contributed by atoms with E-state index in [0.29, 0.717) is 0 Å². The predicted octanol–water partition coefficient (Wildman–Crippen LogP) is 8.52. The second-order valence-corrected chi connectivity index (χ2v) is 9.98. The Hall–Kier alpha value is -0.820. The summed E-state index contributed by atoms with van der Waals surface area (Å²) >= 11 is 0. The van der Waals surface area contributed by atoms with E-state index in [-0.39, 0.29) is 0 Å². The molecule has 0 spiro atoms. The Morgan fingerprint density at radius 3 is 1.48 bits per heavy atom. The third kappa shape index (κ3) is 16.6. The van der Waals surface area contributed by atoms with E-state index in [9.17, 15) is 0 Å². The lowest BCUT2D eigenvalue weighted by Crippen LogP contribution is -2.28. The van der Waals surface area contributed by atoms with Gasteiger partial charge in [0, 0.05) is 6.54 Å². The van der Waals surface area contributed by atoms with Crippen LogP contribution in [0.5, 0.6) is 0 Å². The Morgan fingerprint density at radius 2 is 1.00 bits per heavy atom. The summed E-state index contributed by atoms with van der Waals surface area (Å²) in [6.07, 6.45) is 18.1. The lowest BCUT2D eigenvalue weighted by atomic mass is 10.0. The molecule has 0 fully saturated rings. The van der Waals surface area contributed by atoms with Crippen molar-refractivity contribution in [3.05, 3.63) is 35.9 Å². The van der Waals surface area contributed by atoms with Gasteiger partial charge in [-0.3, -0.25) is 0 Å². The Kier molecular flexibility index (Phi) is 16.3. The lowest BCUT2D eigenvalue weighted by molar-refractivity contribution is 0.263. The van der Waals surface area contributed by atoms with Gasteiger partial charge >= 0.3 is 0 Å². The molecule has 0 radical (unpaired) electrons. The molecule has 1 aromatic carbocycles. The molecule has 29 heavy (non-hydrogen) atoms. The smallest absolute Gasteiger partial charge is 0.00218 e. The minimum atomic E-state index is 0.869. The molecular formula is C28H51N. The van der Waals surface area contributed by atoms with Crippen molar-refractivity contribution in [2.45, 2.75) is 111 Å². The molecule has 0 aliphatic rings. The number of hydrogen-bond acceptors (Lipinski definition) is 1. The van der Waals surface area contributed by atoms with Crippen LogP contribution in [0.1, 0.15) is 110 Å². The predicted molar refractivity (Wildman–Crippen MR) is 132 cm³/mol. The number of nitrogens with zero attached hydrogens (tertiary/aromatic N) is 1. The Balaban J connectivity index is 2.20. The molecule has 0 atom stereocenters. The second kappa shape index (κ2) is 18.0. The van der Waals surface area contributed by atoms with Crippen molar-refractivity contribution in [3.63, 3.8) is 0 Å². The summed E-state index contributed by atoms with van der Waals surface area (Å²) in [6.45, 7) is 13.2. The van der Waals surface area contributed by atoms with Gasteiger partial charge in [-0.2, -0.15) is 0 Å². The van der Waals surface area contributed by atoms with Crippen LogP contribution in [0.4, 0.5) is 0 Å². The highest BCUT2D eigenvalue weighted by atomic mass is 15.1. The van der Waals surface area contributed by atoms with Crippen LogP contribution in [0.2, 0.25) is 0 Å². The van der Waals surface area contributed by atoms with Crippen molar-refractivity contribution in [2.24, 2.45) is 11.8 Å². The first-order valence-electron chi connectivity index (χ1n) is 12.8. The minimum absolute atomic E-state index is 0.869. The van der Waals surface area contributed by atoms with E-state index in [1.807, 2.05) is 0 Å². The maximum absolute atomic E-state index is 2.75. The number of benzene rings is 1. The number of hydrogen-bond donors (Lipinski definition) is 0. The van der Waals surface area contributed by atoms with Crippen molar-refractivity contribution in [2.75, 3.05) is 19.6 Å². The van der Waals surface area contributed by atoms with E-state index < -0.39 is 0 Å². The zero-order valence-electron chi connectivity index (χ0n) is 20.3. The molecule has 0 aliphatic carbocycles. The summed E-state index contributed by atoms with van der Waals surface area (Å²) in [7, 11) is 0. The van der Waals surface area contributed by atoms with Crippen LogP contribution in [0.25, 0.3) is 0 Å². The Labute approximate surface area is 183 Å². The van der Waals surface area contributed by atoms with Gasteiger partial charge in [0.25, 0.3) is 0 Å². The fourth-order valence-electron chi connectivity index (χ4n) is 4.10. The van der Waals surface area contributed by atoms with Gasteiger partial charge in [-0.05, 0) is 49.8 Å². The summed E-state index contributed by atoms with van der Waals surface area (Å²) < 4.78 is 0. The van der Waals surface area contributed by atoms with Crippen LogP contribution in [-0.4, -0.2) is 24.5 Å². The van der Waals surface area contributed by atoms with E-state index in [1.165, 1.54) is 109 Å². The highest BCUT2D eigenvalue weighted by Crippen LogP contribution is 2.13. The van der Waals surface area contributed by atoms with E-state index in [1.54, 1.807) is 0 Å². The summed E-state index contributed by atoms with van der Waals surface area (Å²) in [4.78, 5) is 2.75. The largest absolute Gasteiger partial charge is 0.303 e. The van der Waals surface area contributed by atoms with Crippen molar-refractivity contribution in [1.29, 1.82) is 0 Å². The quantitative estimate of drug-likeness (QED) is 0.210. The van der Waals surface area contributed by atoms with Crippen molar-refractivity contribution < 1.29 is 0 Å². The first-order valence-corrected chi connectivity index (χ1v) is 12.8. The molecule has 0 aromatic heterocycles. The third-order valence-electron chi connectivity index (χ3n) is 6.07. The maximum atomic E-state index is 2.75. The van der Waals surface area contributed by atoms with Gasteiger partial charge in [0.05, 0.1) is 0 Å². The van der Waals surface area contributed by atoms with Crippen LogP contribution < -0.4 is 0 Å². The van der Waals surface area contributed by atoms with E-state index in [0.717, 1.165) is 11.8 Å². The van der Waals surface area contributed by atoms with Gasteiger partial charge in [-0.25, -0.2) is 0 Å². The highest BCUT2D eigenvalue weighted by Gasteiger charge is 2.06. The normalized spacial score (nSPS) is 11.8. The van der Waals surface area contributed by atoms with E-state index in [2.05, 4.69) is 62.9 Å². The van der Waals surface area contributed by atoms with Gasteiger partial charge in [0.2, 0.25) is 0 Å². The molecule has 0 saturated carbocycles. The molecule has 0 aliphatic heterocycles. The van der Waals surface area contributed by atoms with Crippen LogP contribution in [-0.2, 0) is 6.42 Å². The van der Waals surface area contributed by atoms with Crippen LogP contribution >= 0.6 is 0 Å². The van der Waals surface area contributed by atoms with Crippen molar-refractivity contribution >= 4 is 0 Å². The van der Waals surface area contributed by atoms with Crippen molar-refractivity contribution in [3.8, 4) is 0 Å². The molecule has 0 saturated heterocycles. The van der Waals surface area contributed by atoms with Crippen LogP contribution in [0.15, 0.2) is 30.3 Å². The standard InChI is InChI=1S/C28H51N/c1-26(2)18-12-7-5-9-16-23-29(25-22-28-20-14-11-15-21-28)24-17-10-6-8-13-19-27(3)4/h11,14-15,20-21,26-27H,5-10,12-13,16-19,22-25H2,1-4H3. The molecule has 0 unspecified atom stereocenters. The number of unbranched alkanes of at least 4 members (excludes halogenated alkanes) is 8. The summed E-state index contributed by atoms with van der Waals surface area (Å²) in [6, 6.07) is 11.0. The Bertz CT molecular complexity index is 429. The molecular weight excluding hydrogens is 350 g/mol. The highest BCUT2D eigenvalue weighted by molar-refractivity contribution is 5.14. The first kappa shape index (κ1) is 26.2. The summed E-state index contributed by atoms with van der Waals surface area (Å²) in [5.41, 5.74) is 1.49. The maximum Gasteiger partial charge on any atom is 0.00218 e.